The van der Waals surface area contributed by atoms with E-state index >= 15 is 0 Å². The van der Waals surface area contributed by atoms with Crippen molar-refractivity contribution in [1.29, 1.82) is 0 Å². The lowest BCUT2D eigenvalue weighted by Crippen LogP contribution is -2.18. The minimum Gasteiger partial charge on any atom is -0.326 e. The highest BCUT2D eigenvalue weighted by atomic mass is 35.5. The molecule has 0 spiro atoms. The molecule has 4 rings (SSSR count). The highest BCUT2D eigenvalue weighted by molar-refractivity contribution is 6.53. The fourth-order valence-corrected chi connectivity index (χ4v) is 5.43. The van der Waals surface area contributed by atoms with Crippen molar-refractivity contribution in [3.8, 4) is 0 Å². The largest absolute Gasteiger partial charge is 0.326 e. The molecular formula is C25H18Cl5N3O3. The second-order valence-corrected chi connectivity index (χ2v) is 11.0. The van der Waals surface area contributed by atoms with Gasteiger partial charge in [0.05, 0.1) is 16.5 Å². The Hall–Kier alpha value is -2.48. The summed E-state index contributed by atoms with van der Waals surface area (Å²) in [5, 5.41) is 9.14. The lowest BCUT2D eigenvalue weighted by Gasteiger charge is -2.11. The van der Waals surface area contributed by atoms with Crippen LogP contribution < -0.4 is 16.0 Å². The molecule has 3 amide bonds. The van der Waals surface area contributed by atoms with E-state index in [1.165, 1.54) is 19.1 Å². The normalized spacial score (nSPS) is 17.7. The Kier molecular flexibility index (Phi) is 7.74. The van der Waals surface area contributed by atoms with E-state index in [0.717, 1.165) is 0 Å². The highest BCUT2D eigenvalue weighted by Crippen LogP contribution is 2.65. The van der Waals surface area contributed by atoms with Crippen LogP contribution in [-0.2, 0) is 9.59 Å². The number of hydrogen-bond acceptors (Lipinski definition) is 3. The first-order valence-electron chi connectivity index (χ1n) is 10.6. The van der Waals surface area contributed by atoms with Crippen LogP contribution in [0.25, 0.3) is 0 Å². The molecular weight excluding hydrogens is 568 g/mol. The average molecular weight is 586 g/mol. The average Bonchev–Trinajstić information content (AvgIpc) is 3.37. The van der Waals surface area contributed by atoms with Crippen molar-refractivity contribution >= 4 is 92.8 Å². The summed E-state index contributed by atoms with van der Waals surface area (Å²) in [6, 6.07) is 16.0. The number of carbonyl (C=O) groups is 3. The van der Waals surface area contributed by atoms with Gasteiger partial charge in [0.15, 0.2) is 0 Å². The van der Waals surface area contributed by atoms with Crippen LogP contribution in [0.1, 0.15) is 28.8 Å². The van der Waals surface area contributed by atoms with Gasteiger partial charge in [0, 0.05) is 39.9 Å². The first-order valence-corrected chi connectivity index (χ1v) is 12.5. The van der Waals surface area contributed by atoms with Crippen molar-refractivity contribution in [2.45, 2.75) is 17.2 Å². The van der Waals surface area contributed by atoms with E-state index < -0.39 is 28.0 Å². The van der Waals surface area contributed by atoms with E-state index in [4.69, 9.17) is 58.0 Å². The molecule has 3 N–H and O–H groups in total. The van der Waals surface area contributed by atoms with Crippen molar-refractivity contribution in [2.24, 2.45) is 5.92 Å². The first-order chi connectivity index (χ1) is 17.0. The molecule has 1 saturated carbocycles. The van der Waals surface area contributed by atoms with Gasteiger partial charge in [-0.2, -0.15) is 0 Å². The predicted molar refractivity (Wildman–Crippen MR) is 146 cm³/mol. The van der Waals surface area contributed by atoms with Gasteiger partial charge in [0.25, 0.3) is 5.91 Å². The maximum Gasteiger partial charge on any atom is 0.257 e. The number of hydrogen-bond donors (Lipinski definition) is 3. The molecule has 186 valence electrons. The van der Waals surface area contributed by atoms with Crippen LogP contribution in [0, 0.1) is 5.92 Å². The molecule has 0 radical (unpaired) electrons. The highest BCUT2D eigenvalue weighted by Gasteiger charge is 2.67. The number of rotatable bonds is 6. The Morgan fingerprint density at radius 3 is 1.89 bits per heavy atom. The molecule has 0 aliphatic heterocycles. The third kappa shape index (κ3) is 5.90. The van der Waals surface area contributed by atoms with Crippen LogP contribution in [-0.4, -0.2) is 22.1 Å². The molecule has 3 aromatic carbocycles. The first kappa shape index (κ1) is 26.6. The fourth-order valence-electron chi connectivity index (χ4n) is 3.86. The summed E-state index contributed by atoms with van der Waals surface area (Å²) in [5.41, 5.74) is 2.23. The number of alkyl halides is 2. The molecule has 0 saturated heterocycles. The second-order valence-electron chi connectivity index (χ2n) is 8.23. The summed E-state index contributed by atoms with van der Waals surface area (Å²) >= 11 is 31.2. The van der Waals surface area contributed by atoms with Gasteiger partial charge < -0.3 is 16.0 Å². The van der Waals surface area contributed by atoms with Crippen LogP contribution in [0.5, 0.6) is 0 Å². The van der Waals surface area contributed by atoms with Gasteiger partial charge >= 0.3 is 0 Å². The Labute approximate surface area is 232 Å². The number of halogens is 5. The Balaban J connectivity index is 1.47. The third-order valence-electron chi connectivity index (χ3n) is 5.52. The van der Waals surface area contributed by atoms with Gasteiger partial charge in [-0.15, -0.1) is 23.2 Å². The molecule has 0 aromatic heterocycles. The minimum atomic E-state index is -1.34. The number of amides is 3. The van der Waals surface area contributed by atoms with Crippen LogP contribution >= 0.6 is 58.0 Å². The molecule has 36 heavy (non-hydrogen) atoms. The van der Waals surface area contributed by atoms with Crippen LogP contribution in [0.4, 0.5) is 17.1 Å². The van der Waals surface area contributed by atoms with E-state index in [0.29, 0.717) is 32.7 Å². The van der Waals surface area contributed by atoms with Gasteiger partial charge in [-0.3, -0.25) is 14.4 Å². The number of carbonyl (C=O) groups excluding carboxylic acids is 3. The molecule has 0 heterocycles. The standard InChI is InChI=1S/C25H18Cl5N3O3/c1-12(34)31-16-2-4-17(5-3-16)32-23(35)19-11-18(6-7-20(19)28)33-24(36)22-21(25(22,29)30)13-8-14(26)10-15(27)9-13/h2-11,21-22H,1H3,(H,31,34)(H,32,35)(H,33,36)/t21-,22+/m1/s1. The summed E-state index contributed by atoms with van der Waals surface area (Å²) in [5.74, 6) is -2.38. The maximum atomic E-state index is 13.0. The van der Waals surface area contributed by atoms with Crippen molar-refractivity contribution < 1.29 is 14.4 Å². The van der Waals surface area contributed by atoms with Crippen molar-refractivity contribution in [2.75, 3.05) is 16.0 Å². The van der Waals surface area contributed by atoms with Gasteiger partial charge in [0.2, 0.25) is 11.8 Å². The zero-order valence-corrected chi connectivity index (χ0v) is 22.3. The molecule has 1 fully saturated rings. The van der Waals surface area contributed by atoms with E-state index in [2.05, 4.69) is 16.0 Å². The molecule has 1 aliphatic carbocycles. The SMILES string of the molecule is CC(=O)Nc1ccc(NC(=O)c2cc(NC(=O)[C@@H]3[C@@H](c4cc(Cl)cc(Cl)c4)C3(Cl)Cl)ccc2Cl)cc1. The summed E-state index contributed by atoms with van der Waals surface area (Å²) in [6.07, 6.45) is 0. The zero-order chi connectivity index (χ0) is 26.2. The molecule has 11 heteroatoms. The predicted octanol–water partition coefficient (Wildman–Crippen LogP) is 7.38. The molecule has 3 aromatic rings. The van der Waals surface area contributed by atoms with Crippen molar-refractivity contribution in [1.82, 2.24) is 0 Å². The van der Waals surface area contributed by atoms with Crippen molar-refractivity contribution in [3.63, 3.8) is 0 Å². The molecule has 0 bridgehead atoms. The molecule has 1 aliphatic rings. The summed E-state index contributed by atoms with van der Waals surface area (Å²) in [6.45, 7) is 1.40. The lowest BCUT2D eigenvalue weighted by atomic mass is 10.1. The quantitative estimate of drug-likeness (QED) is 0.264. The number of benzene rings is 3. The van der Waals surface area contributed by atoms with Gasteiger partial charge in [-0.25, -0.2) is 0 Å². The summed E-state index contributed by atoms with van der Waals surface area (Å²) in [7, 11) is 0. The van der Waals surface area contributed by atoms with Gasteiger partial charge in [0.1, 0.15) is 4.33 Å². The summed E-state index contributed by atoms with van der Waals surface area (Å²) < 4.78 is -1.34. The number of nitrogens with one attached hydrogen (secondary N) is 3. The van der Waals surface area contributed by atoms with Gasteiger partial charge in [-0.05, 0) is 66.2 Å². The fraction of sp³-hybridized carbons (Fsp3) is 0.160. The van der Waals surface area contributed by atoms with E-state index in [1.807, 2.05) is 0 Å². The minimum absolute atomic E-state index is 0.150. The van der Waals surface area contributed by atoms with Crippen LogP contribution in [0.2, 0.25) is 15.1 Å². The Morgan fingerprint density at radius 2 is 1.31 bits per heavy atom. The topological polar surface area (TPSA) is 87.3 Å². The smallest absolute Gasteiger partial charge is 0.257 e. The molecule has 0 unspecified atom stereocenters. The van der Waals surface area contributed by atoms with Crippen LogP contribution in [0.15, 0.2) is 60.7 Å². The Morgan fingerprint density at radius 1 is 0.750 bits per heavy atom. The van der Waals surface area contributed by atoms with Crippen LogP contribution in [0.3, 0.4) is 0 Å². The molecule has 6 nitrogen and oxygen atoms in total. The van der Waals surface area contributed by atoms with E-state index in [1.54, 1.807) is 48.5 Å². The lowest BCUT2D eigenvalue weighted by molar-refractivity contribution is -0.117. The maximum absolute atomic E-state index is 13.0. The summed E-state index contributed by atoms with van der Waals surface area (Å²) in [4.78, 5) is 37.0. The molecule has 2 atom stereocenters. The monoisotopic (exact) mass is 583 g/mol. The number of anilines is 3. The third-order valence-corrected chi connectivity index (χ3v) is 7.23. The van der Waals surface area contributed by atoms with Crippen molar-refractivity contribution in [3.05, 3.63) is 86.9 Å². The zero-order valence-electron chi connectivity index (χ0n) is 18.5. The Bertz CT molecular complexity index is 1340. The van der Waals surface area contributed by atoms with Gasteiger partial charge in [-0.1, -0.05) is 34.8 Å². The van der Waals surface area contributed by atoms with E-state index in [-0.39, 0.29) is 16.5 Å². The second kappa shape index (κ2) is 10.5. The van der Waals surface area contributed by atoms with E-state index in [9.17, 15) is 14.4 Å².